The molecule has 4 heteroatoms. The third-order valence-electron chi connectivity index (χ3n) is 2.24. The maximum absolute atomic E-state index is 10.1. The Morgan fingerprint density at radius 2 is 2.25 bits per heavy atom. The van der Waals surface area contributed by atoms with Gasteiger partial charge in [0.05, 0.1) is 0 Å². The number of carbonyl (C=O) groups is 1. The molecule has 1 heterocycles. The van der Waals surface area contributed by atoms with Crippen LogP contribution in [-0.4, -0.2) is 29.4 Å². The Hall–Kier alpha value is -0.0600. The summed E-state index contributed by atoms with van der Waals surface area (Å²) >= 11 is 1.84. The molecule has 3 unspecified atom stereocenters. The Balaban J connectivity index is 2.20. The topological polar surface area (TPSA) is 69.1 Å². The van der Waals surface area contributed by atoms with Gasteiger partial charge in [-0.15, -0.1) is 0 Å². The van der Waals surface area contributed by atoms with Crippen LogP contribution >= 0.6 is 11.8 Å². The highest BCUT2D eigenvalue weighted by molar-refractivity contribution is 8.00. The van der Waals surface area contributed by atoms with E-state index < -0.39 is 0 Å². The zero-order valence-corrected chi connectivity index (χ0v) is 7.93. The molecule has 1 fully saturated rings. The van der Waals surface area contributed by atoms with E-state index in [-0.39, 0.29) is 12.1 Å². The largest absolute Gasteiger partial charge is 0.326 e. The number of hydrogen-bond acceptors (Lipinski definition) is 4. The summed E-state index contributed by atoms with van der Waals surface area (Å²) in [6.45, 7) is 0. The van der Waals surface area contributed by atoms with E-state index in [4.69, 9.17) is 11.5 Å². The van der Waals surface area contributed by atoms with Gasteiger partial charge >= 0.3 is 0 Å². The van der Waals surface area contributed by atoms with Gasteiger partial charge in [0.1, 0.15) is 6.29 Å². The second-order valence-corrected chi connectivity index (χ2v) is 4.48. The van der Waals surface area contributed by atoms with Gasteiger partial charge in [-0.25, -0.2) is 0 Å². The summed E-state index contributed by atoms with van der Waals surface area (Å²) in [5.74, 6) is 0.965. The van der Waals surface area contributed by atoms with Crippen molar-refractivity contribution in [2.24, 2.45) is 11.5 Å². The predicted octanol–water partition coefficient (Wildman–Crippen LogP) is 0.126. The monoisotopic (exact) mass is 188 g/mol. The zero-order chi connectivity index (χ0) is 8.97. The SMILES string of the molecule is NC1CSC(CCCC=O)C1N. The Morgan fingerprint density at radius 1 is 1.50 bits per heavy atom. The van der Waals surface area contributed by atoms with Crippen molar-refractivity contribution in [2.75, 3.05) is 5.75 Å². The predicted molar refractivity (Wildman–Crippen MR) is 52.1 cm³/mol. The summed E-state index contributed by atoms with van der Waals surface area (Å²) in [4.78, 5) is 10.1. The molecule has 1 aliphatic heterocycles. The molecule has 3 nitrogen and oxygen atoms in total. The summed E-state index contributed by atoms with van der Waals surface area (Å²) in [6, 6.07) is 0.276. The maximum atomic E-state index is 10.1. The molecule has 0 bridgehead atoms. The first-order valence-corrected chi connectivity index (χ1v) is 5.37. The Morgan fingerprint density at radius 3 is 2.75 bits per heavy atom. The fourth-order valence-electron chi connectivity index (χ4n) is 1.41. The van der Waals surface area contributed by atoms with Gasteiger partial charge in [-0.05, 0) is 12.8 Å². The van der Waals surface area contributed by atoms with Gasteiger partial charge in [-0.1, -0.05) is 0 Å². The van der Waals surface area contributed by atoms with Crippen molar-refractivity contribution in [1.82, 2.24) is 0 Å². The standard InChI is InChI=1S/C8H16N2OS/c9-6-5-12-7(8(6)10)3-1-2-4-11/h4,6-8H,1-3,5,9-10H2. The van der Waals surface area contributed by atoms with Crippen LogP contribution < -0.4 is 11.5 Å². The lowest BCUT2D eigenvalue weighted by Gasteiger charge is -2.15. The molecule has 1 aliphatic rings. The highest BCUT2D eigenvalue weighted by Gasteiger charge is 2.30. The fraction of sp³-hybridized carbons (Fsp3) is 0.875. The van der Waals surface area contributed by atoms with Gasteiger partial charge in [-0.3, -0.25) is 0 Å². The first kappa shape index (κ1) is 10.0. The quantitative estimate of drug-likeness (QED) is 0.486. The number of unbranched alkanes of at least 4 members (excludes halogenated alkanes) is 1. The lowest BCUT2D eigenvalue weighted by Crippen LogP contribution is -2.43. The Bertz CT molecular complexity index is 154. The van der Waals surface area contributed by atoms with E-state index >= 15 is 0 Å². The minimum Gasteiger partial charge on any atom is -0.326 e. The van der Waals surface area contributed by atoms with Crippen LogP contribution in [0.4, 0.5) is 0 Å². The minimum atomic E-state index is 0.127. The molecule has 0 spiro atoms. The zero-order valence-electron chi connectivity index (χ0n) is 7.11. The molecule has 1 saturated heterocycles. The first-order chi connectivity index (χ1) is 5.75. The second-order valence-electron chi connectivity index (χ2n) is 3.21. The van der Waals surface area contributed by atoms with Crippen molar-refractivity contribution < 1.29 is 4.79 Å². The van der Waals surface area contributed by atoms with E-state index in [0.717, 1.165) is 24.9 Å². The highest BCUT2D eigenvalue weighted by atomic mass is 32.2. The molecule has 0 radical (unpaired) electrons. The summed E-state index contributed by atoms with van der Waals surface area (Å²) < 4.78 is 0. The van der Waals surface area contributed by atoms with E-state index in [2.05, 4.69) is 0 Å². The normalized spacial score (nSPS) is 35.3. The number of hydrogen-bond donors (Lipinski definition) is 2. The van der Waals surface area contributed by atoms with Gasteiger partial charge in [0, 0.05) is 29.5 Å². The molecule has 0 aliphatic carbocycles. The van der Waals surface area contributed by atoms with E-state index in [1.807, 2.05) is 11.8 Å². The van der Waals surface area contributed by atoms with Crippen LogP contribution in [0.5, 0.6) is 0 Å². The van der Waals surface area contributed by atoms with Gasteiger partial charge in [0.25, 0.3) is 0 Å². The van der Waals surface area contributed by atoms with Crippen LogP contribution in [0.1, 0.15) is 19.3 Å². The summed E-state index contributed by atoms with van der Waals surface area (Å²) in [6.07, 6.45) is 3.59. The molecule has 0 aromatic carbocycles. The number of thioether (sulfide) groups is 1. The fourth-order valence-corrected chi connectivity index (χ4v) is 2.86. The molecule has 1 rings (SSSR count). The third kappa shape index (κ3) is 2.47. The first-order valence-electron chi connectivity index (χ1n) is 4.32. The van der Waals surface area contributed by atoms with Crippen LogP contribution in [0.15, 0.2) is 0 Å². The van der Waals surface area contributed by atoms with Gasteiger partial charge in [0.2, 0.25) is 0 Å². The summed E-state index contributed by atoms with van der Waals surface area (Å²) in [5.41, 5.74) is 11.6. The van der Waals surface area contributed by atoms with E-state index in [1.165, 1.54) is 0 Å². The lowest BCUT2D eigenvalue weighted by molar-refractivity contribution is -0.107. The number of rotatable bonds is 4. The summed E-state index contributed by atoms with van der Waals surface area (Å²) in [5, 5.41) is 0.472. The second kappa shape index (κ2) is 4.84. The van der Waals surface area contributed by atoms with Crippen LogP contribution in [0.25, 0.3) is 0 Å². The van der Waals surface area contributed by atoms with E-state index in [9.17, 15) is 4.79 Å². The van der Waals surface area contributed by atoms with Crippen molar-refractivity contribution in [2.45, 2.75) is 36.6 Å². The molecule has 0 aromatic rings. The number of nitrogens with two attached hydrogens (primary N) is 2. The molecule has 4 N–H and O–H groups in total. The number of aldehydes is 1. The molecule has 12 heavy (non-hydrogen) atoms. The highest BCUT2D eigenvalue weighted by Crippen LogP contribution is 2.28. The lowest BCUT2D eigenvalue weighted by atomic mass is 10.0. The maximum Gasteiger partial charge on any atom is 0.119 e. The molecular formula is C8H16N2OS. The Kier molecular flexibility index (Phi) is 4.05. The average Bonchev–Trinajstić information content (AvgIpc) is 2.36. The van der Waals surface area contributed by atoms with Crippen LogP contribution in [0, 0.1) is 0 Å². The van der Waals surface area contributed by atoms with Gasteiger partial charge in [-0.2, -0.15) is 11.8 Å². The van der Waals surface area contributed by atoms with E-state index in [1.54, 1.807) is 0 Å². The average molecular weight is 188 g/mol. The van der Waals surface area contributed by atoms with Crippen molar-refractivity contribution >= 4 is 18.0 Å². The minimum absolute atomic E-state index is 0.127. The number of carbonyl (C=O) groups excluding carboxylic acids is 1. The van der Waals surface area contributed by atoms with Crippen LogP contribution in [0.3, 0.4) is 0 Å². The smallest absolute Gasteiger partial charge is 0.119 e. The molecule has 0 amide bonds. The van der Waals surface area contributed by atoms with Crippen molar-refractivity contribution in [1.29, 1.82) is 0 Å². The van der Waals surface area contributed by atoms with Crippen molar-refractivity contribution in [3.05, 3.63) is 0 Å². The molecule has 0 aromatic heterocycles. The molecule has 3 atom stereocenters. The van der Waals surface area contributed by atoms with Crippen LogP contribution in [0.2, 0.25) is 0 Å². The van der Waals surface area contributed by atoms with E-state index in [0.29, 0.717) is 11.7 Å². The van der Waals surface area contributed by atoms with Crippen LogP contribution in [-0.2, 0) is 4.79 Å². The van der Waals surface area contributed by atoms with Gasteiger partial charge < -0.3 is 16.3 Å². The molecule has 70 valence electrons. The van der Waals surface area contributed by atoms with Crippen molar-refractivity contribution in [3.63, 3.8) is 0 Å². The molecular weight excluding hydrogens is 172 g/mol. The Labute approximate surface area is 77.3 Å². The van der Waals surface area contributed by atoms with Crippen molar-refractivity contribution in [3.8, 4) is 0 Å². The molecule has 0 saturated carbocycles. The third-order valence-corrected chi connectivity index (χ3v) is 3.79. The van der Waals surface area contributed by atoms with Gasteiger partial charge in [0.15, 0.2) is 0 Å². The summed E-state index contributed by atoms with van der Waals surface area (Å²) in [7, 11) is 0.